The van der Waals surface area contributed by atoms with E-state index in [1.807, 2.05) is 0 Å². The molecule has 0 saturated carbocycles. The van der Waals surface area contributed by atoms with Gasteiger partial charge in [-0.15, -0.1) is 0 Å². The van der Waals surface area contributed by atoms with Gasteiger partial charge in [-0.2, -0.15) is 0 Å². The van der Waals surface area contributed by atoms with E-state index in [1.54, 1.807) is 0 Å². The standard InChI is InChI=1S/C14H23N3/c1-3-17(4-2)14-7-5-12(6-8-14)16-13-9-10-15-11-13/h5-8,13,15-16H,3-4,9-11H2,1-2H3. The second kappa shape index (κ2) is 5.92. The average molecular weight is 233 g/mol. The molecule has 0 aromatic heterocycles. The van der Waals surface area contributed by atoms with Crippen LogP contribution in [0.2, 0.25) is 0 Å². The first-order chi connectivity index (χ1) is 8.33. The van der Waals surface area contributed by atoms with Gasteiger partial charge in [0.25, 0.3) is 0 Å². The van der Waals surface area contributed by atoms with Crippen LogP contribution in [-0.2, 0) is 0 Å². The lowest BCUT2D eigenvalue weighted by Gasteiger charge is -2.21. The summed E-state index contributed by atoms with van der Waals surface area (Å²) < 4.78 is 0. The summed E-state index contributed by atoms with van der Waals surface area (Å²) in [4.78, 5) is 2.36. The Morgan fingerprint density at radius 2 is 1.94 bits per heavy atom. The summed E-state index contributed by atoms with van der Waals surface area (Å²) >= 11 is 0. The Morgan fingerprint density at radius 3 is 2.47 bits per heavy atom. The first kappa shape index (κ1) is 12.2. The molecule has 1 aromatic rings. The fraction of sp³-hybridized carbons (Fsp3) is 0.571. The third kappa shape index (κ3) is 3.13. The number of hydrogen-bond acceptors (Lipinski definition) is 3. The number of hydrogen-bond donors (Lipinski definition) is 2. The van der Waals surface area contributed by atoms with Gasteiger partial charge in [-0.1, -0.05) is 0 Å². The number of nitrogens with zero attached hydrogens (tertiary/aromatic N) is 1. The first-order valence-corrected chi connectivity index (χ1v) is 6.65. The van der Waals surface area contributed by atoms with Gasteiger partial charge in [0, 0.05) is 37.1 Å². The average Bonchev–Trinajstić information content (AvgIpc) is 2.86. The van der Waals surface area contributed by atoms with Gasteiger partial charge in [0.2, 0.25) is 0 Å². The molecule has 0 bridgehead atoms. The molecular formula is C14H23N3. The van der Waals surface area contributed by atoms with Crippen LogP contribution in [0.15, 0.2) is 24.3 Å². The van der Waals surface area contributed by atoms with Gasteiger partial charge in [-0.3, -0.25) is 0 Å². The fourth-order valence-corrected chi connectivity index (χ4v) is 2.37. The van der Waals surface area contributed by atoms with Crippen LogP contribution in [0.1, 0.15) is 20.3 Å². The lowest BCUT2D eigenvalue weighted by atomic mass is 10.2. The van der Waals surface area contributed by atoms with Gasteiger partial charge in [-0.05, 0) is 51.1 Å². The zero-order chi connectivity index (χ0) is 12.1. The highest BCUT2D eigenvalue weighted by atomic mass is 15.1. The molecule has 2 rings (SSSR count). The number of benzene rings is 1. The molecule has 3 nitrogen and oxygen atoms in total. The summed E-state index contributed by atoms with van der Waals surface area (Å²) in [6.45, 7) is 8.73. The number of anilines is 2. The molecule has 2 N–H and O–H groups in total. The van der Waals surface area contributed by atoms with E-state index < -0.39 is 0 Å². The lowest BCUT2D eigenvalue weighted by molar-refractivity contribution is 0.793. The van der Waals surface area contributed by atoms with E-state index >= 15 is 0 Å². The minimum Gasteiger partial charge on any atom is -0.381 e. The Labute approximate surface area is 104 Å². The fourth-order valence-electron chi connectivity index (χ4n) is 2.37. The molecule has 0 amide bonds. The van der Waals surface area contributed by atoms with Gasteiger partial charge in [0.1, 0.15) is 0 Å². The van der Waals surface area contributed by atoms with E-state index in [-0.39, 0.29) is 0 Å². The van der Waals surface area contributed by atoms with Gasteiger partial charge in [0.15, 0.2) is 0 Å². The van der Waals surface area contributed by atoms with Gasteiger partial charge >= 0.3 is 0 Å². The van der Waals surface area contributed by atoms with Gasteiger partial charge in [-0.25, -0.2) is 0 Å². The summed E-state index contributed by atoms with van der Waals surface area (Å²) in [5.41, 5.74) is 2.54. The highest BCUT2D eigenvalue weighted by Gasteiger charge is 2.13. The zero-order valence-corrected chi connectivity index (χ0v) is 10.9. The summed E-state index contributed by atoms with van der Waals surface area (Å²) in [6, 6.07) is 9.38. The monoisotopic (exact) mass is 233 g/mol. The summed E-state index contributed by atoms with van der Waals surface area (Å²) in [7, 11) is 0. The topological polar surface area (TPSA) is 27.3 Å². The molecule has 1 fully saturated rings. The van der Waals surface area contributed by atoms with Crippen molar-refractivity contribution in [2.24, 2.45) is 0 Å². The van der Waals surface area contributed by atoms with E-state index in [9.17, 15) is 0 Å². The van der Waals surface area contributed by atoms with Crippen molar-refractivity contribution in [2.75, 3.05) is 36.4 Å². The quantitative estimate of drug-likeness (QED) is 0.817. The number of nitrogens with one attached hydrogen (secondary N) is 2. The Bertz CT molecular complexity index is 324. The molecule has 0 radical (unpaired) electrons. The van der Waals surface area contributed by atoms with E-state index in [0.717, 1.165) is 26.2 Å². The third-order valence-corrected chi connectivity index (χ3v) is 3.43. The maximum absolute atomic E-state index is 3.56. The second-order valence-corrected chi connectivity index (χ2v) is 4.55. The Kier molecular flexibility index (Phi) is 4.26. The van der Waals surface area contributed by atoms with Gasteiger partial charge < -0.3 is 15.5 Å². The molecule has 1 saturated heterocycles. The van der Waals surface area contributed by atoms with Crippen molar-refractivity contribution in [3.63, 3.8) is 0 Å². The third-order valence-electron chi connectivity index (χ3n) is 3.43. The van der Waals surface area contributed by atoms with Crippen molar-refractivity contribution in [3.8, 4) is 0 Å². The van der Waals surface area contributed by atoms with Crippen LogP contribution in [0.5, 0.6) is 0 Å². The van der Waals surface area contributed by atoms with Crippen LogP contribution in [0.3, 0.4) is 0 Å². The van der Waals surface area contributed by atoms with Crippen molar-refractivity contribution in [2.45, 2.75) is 26.3 Å². The Balaban J connectivity index is 1.96. The minimum atomic E-state index is 0.592. The molecule has 1 aromatic carbocycles. The molecule has 1 unspecified atom stereocenters. The molecule has 0 aliphatic carbocycles. The van der Waals surface area contributed by atoms with E-state index in [4.69, 9.17) is 0 Å². The van der Waals surface area contributed by atoms with Crippen LogP contribution in [0, 0.1) is 0 Å². The minimum absolute atomic E-state index is 0.592. The Morgan fingerprint density at radius 1 is 1.24 bits per heavy atom. The van der Waals surface area contributed by atoms with Crippen molar-refractivity contribution in [1.29, 1.82) is 0 Å². The zero-order valence-electron chi connectivity index (χ0n) is 10.9. The lowest BCUT2D eigenvalue weighted by Crippen LogP contribution is -2.23. The summed E-state index contributed by atoms with van der Waals surface area (Å²) in [6.07, 6.45) is 1.22. The van der Waals surface area contributed by atoms with E-state index in [2.05, 4.69) is 53.6 Å². The normalized spacial score (nSPS) is 19.3. The van der Waals surface area contributed by atoms with E-state index in [0.29, 0.717) is 6.04 Å². The molecule has 1 aliphatic rings. The first-order valence-electron chi connectivity index (χ1n) is 6.65. The summed E-state index contributed by atoms with van der Waals surface area (Å²) in [5.74, 6) is 0. The van der Waals surface area contributed by atoms with Crippen LogP contribution in [0.25, 0.3) is 0 Å². The van der Waals surface area contributed by atoms with Crippen LogP contribution in [0.4, 0.5) is 11.4 Å². The number of rotatable bonds is 5. The molecule has 1 aliphatic heterocycles. The van der Waals surface area contributed by atoms with Crippen molar-refractivity contribution >= 4 is 11.4 Å². The largest absolute Gasteiger partial charge is 0.381 e. The highest BCUT2D eigenvalue weighted by molar-refractivity contribution is 5.55. The molecule has 0 spiro atoms. The van der Waals surface area contributed by atoms with Crippen molar-refractivity contribution < 1.29 is 0 Å². The van der Waals surface area contributed by atoms with Crippen molar-refractivity contribution in [1.82, 2.24) is 5.32 Å². The molecule has 94 valence electrons. The molecule has 1 heterocycles. The van der Waals surface area contributed by atoms with Crippen LogP contribution >= 0.6 is 0 Å². The predicted octanol–water partition coefficient (Wildman–Crippen LogP) is 2.31. The smallest absolute Gasteiger partial charge is 0.0398 e. The van der Waals surface area contributed by atoms with Crippen LogP contribution < -0.4 is 15.5 Å². The van der Waals surface area contributed by atoms with Gasteiger partial charge in [0.05, 0.1) is 0 Å². The molecule has 1 atom stereocenters. The molecule has 3 heteroatoms. The SMILES string of the molecule is CCN(CC)c1ccc(NC2CCNC2)cc1. The summed E-state index contributed by atoms with van der Waals surface area (Å²) in [5, 5.41) is 6.93. The van der Waals surface area contributed by atoms with E-state index in [1.165, 1.54) is 17.8 Å². The van der Waals surface area contributed by atoms with Crippen LogP contribution in [-0.4, -0.2) is 32.2 Å². The Hall–Kier alpha value is -1.22. The molecular weight excluding hydrogens is 210 g/mol. The maximum atomic E-state index is 3.56. The predicted molar refractivity (Wildman–Crippen MR) is 74.9 cm³/mol. The maximum Gasteiger partial charge on any atom is 0.0398 e. The molecule has 17 heavy (non-hydrogen) atoms. The highest BCUT2D eigenvalue weighted by Crippen LogP contribution is 2.19. The van der Waals surface area contributed by atoms with Crippen molar-refractivity contribution in [3.05, 3.63) is 24.3 Å². The second-order valence-electron chi connectivity index (χ2n) is 4.55.